The Morgan fingerprint density at radius 2 is 2.24 bits per heavy atom. The number of nitrogens with two attached hydrogens (primary N) is 1. The van der Waals surface area contributed by atoms with Crippen LogP contribution in [-0.4, -0.2) is 28.8 Å². The minimum absolute atomic E-state index is 0.0283. The molecule has 1 aromatic heterocycles. The summed E-state index contributed by atoms with van der Waals surface area (Å²) in [5.41, 5.74) is 7.07. The van der Waals surface area contributed by atoms with E-state index in [-0.39, 0.29) is 11.3 Å². The number of hydrogen-bond donors (Lipinski definition) is 2. The van der Waals surface area contributed by atoms with Gasteiger partial charge in [0.1, 0.15) is 0 Å². The highest BCUT2D eigenvalue weighted by Gasteiger charge is 2.19. The molecule has 0 aliphatic rings. The molecule has 1 amide bonds. The van der Waals surface area contributed by atoms with E-state index in [1.807, 2.05) is 14.0 Å². The first-order chi connectivity index (χ1) is 7.87. The van der Waals surface area contributed by atoms with Crippen LogP contribution in [0.5, 0.6) is 0 Å². The Labute approximate surface area is 102 Å². The first kappa shape index (κ1) is 13.7. The summed E-state index contributed by atoms with van der Waals surface area (Å²) in [4.78, 5) is 11.9. The number of nitrogens with zero attached hydrogens (tertiary/aromatic N) is 2. The minimum Gasteiger partial charge on any atom is -0.351 e. The summed E-state index contributed by atoms with van der Waals surface area (Å²) in [5.74, 6) is -0.0688. The highest BCUT2D eigenvalue weighted by Crippen LogP contribution is 2.18. The molecule has 0 spiro atoms. The molecule has 1 aromatic rings. The molecular weight excluding hydrogens is 216 g/mol. The van der Waals surface area contributed by atoms with Crippen LogP contribution < -0.4 is 11.1 Å². The van der Waals surface area contributed by atoms with Gasteiger partial charge in [0.15, 0.2) is 0 Å². The van der Waals surface area contributed by atoms with Crippen molar-refractivity contribution >= 4 is 5.91 Å². The van der Waals surface area contributed by atoms with Gasteiger partial charge in [-0.25, -0.2) is 0 Å². The summed E-state index contributed by atoms with van der Waals surface area (Å²) in [6, 6.07) is 0. The van der Waals surface area contributed by atoms with Crippen molar-refractivity contribution in [2.45, 2.75) is 27.2 Å². The van der Waals surface area contributed by atoms with Crippen molar-refractivity contribution in [2.24, 2.45) is 18.2 Å². The van der Waals surface area contributed by atoms with Crippen molar-refractivity contribution in [3.05, 3.63) is 17.5 Å². The van der Waals surface area contributed by atoms with Gasteiger partial charge in [0.05, 0.1) is 11.8 Å². The van der Waals surface area contributed by atoms with Gasteiger partial charge in [-0.15, -0.1) is 0 Å². The molecule has 0 aliphatic carbocycles. The lowest BCUT2D eigenvalue weighted by Gasteiger charge is -2.24. The van der Waals surface area contributed by atoms with Crippen molar-refractivity contribution in [3.8, 4) is 0 Å². The van der Waals surface area contributed by atoms with Crippen molar-refractivity contribution in [1.82, 2.24) is 15.1 Å². The lowest BCUT2D eigenvalue weighted by atomic mass is 9.89. The third-order valence-corrected chi connectivity index (χ3v) is 3.03. The second-order valence-corrected chi connectivity index (χ2v) is 5.15. The standard InChI is InChI=1S/C12H22N4O/c1-9-10(7-15-16(9)4)11(17)14-8-12(2,3)5-6-13/h7H,5-6,8,13H2,1-4H3,(H,14,17). The number of rotatable bonds is 5. The van der Waals surface area contributed by atoms with Gasteiger partial charge >= 0.3 is 0 Å². The SMILES string of the molecule is Cc1c(C(=O)NCC(C)(C)CCN)cnn1C. The topological polar surface area (TPSA) is 72.9 Å². The first-order valence-corrected chi connectivity index (χ1v) is 5.84. The van der Waals surface area contributed by atoms with Crippen LogP contribution in [0.4, 0.5) is 0 Å². The van der Waals surface area contributed by atoms with E-state index in [0.29, 0.717) is 18.7 Å². The van der Waals surface area contributed by atoms with Crippen LogP contribution in [0.2, 0.25) is 0 Å². The average molecular weight is 238 g/mol. The second-order valence-electron chi connectivity index (χ2n) is 5.15. The fourth-order valence-electron chi connectivity index (χ4n) is 1.62. The summed E-state index contributed by atoms with van der Waals surface area (Å²) in [7, 11) is 1.82. The van der Waals surface area contributed by atoms with Gasteiger partial charge in [-0.05, 0) is 25.3 Å². The van der Waals surface area contributed by atoms with Crippen LogP contribution in [0, 0.1) is 12.3 Å². The molecule has 0 aromatic carbocycles. The van der Waals surface area contributed by atoms with E-state index in [1.165, 1.54) is 0 Å². The number of aryl methyl sites for hydroxylation is 1. The van der Waals surface area contributed by atoms with Crippen LogP contribution in [0.25, 0.3) is 0 Å². The molecule has 0 fully saturated rings. The van der Waals surface area contributed by atoms with Gasteiger partial charge in [0.25, 0.3) is 5.91 Å². The van der Waals surface area contributed by atoms with Gasteiger partial charge in [-0.2, -0.15) is 5.10 Å². The number of hydrogen-bond acceptors (Lipinski definition) is 3. The van der Waals surface area contributed by atoms with E-state index < -0.39 is 0 Å². The molecule has 5 nitrogen and oxygen atoms in total. The number of nitrogens with one attached hydrogen (secondary N) is 1. The Kier molecular flexibility index (Phi) is 4.28. The highest BCUT2D eigenvalue weighted by atomic mass is 16.1. The fraction of sp³-hybridized carbons (Fsp3) is 0.667. The van der Waals surface area contributed by atoms with E-state index in [9.17, 15) is 4.79 Å². The predicted octanol–water partition coefficient (Wildman–Crippen LogP) is 0.833. The largest absolute Gasteiger partial charge is 0.351 e. The number of amides is 1. The molecule has 0 saturated carbocycles. The summed E-state index contributed by atoms with van der Waals surface area (Å²) in [5, 5.41) is 6.98. The molecule has 1 heterocycles. The Morgan fingerprint density at radius 3 is 2.71 bits per heavy atom. The van der Waals surface area contributed by atoms with Gasteiger partial charge in [-0.1, -0.05) is 13.8 Å². The number of carbonyl (C=O) groups excluding carboxylic acids is 1. The molecule has 5 heteroatoms. The zero-order valence-corrected chi connectivity index (χ0v) is 11.1. The molecular formula is C12H22N4O. The highest BCUT2D eigenvalue weighted by molar-refractivity contribution is 5.95. The summed E-state index contributed by atoms with van der Waals surface area (Å²) >= 11 is 0. The van der Waals surface area contributed by atoms with Crippen LogP contribution in [-0.2, 0) is 7.05 Å². The molecule has 1 rings (SSSR count). The Morgan fingerprint density at radius 1 is 1.59 bits per heavy atom. The molecule has 0 bridgehead atoms. The van der Waals surface area contributed by atoms with Gasteiger partial charge in [-0.3, -0.25) is 9.48 Å². The normalized spacial score (nSPS) is 11.6. The van der Waals surface area contributed by atoms with Crippen molar-refractivity contribution in [1.29, 1.82) is 0 Å². The van der Waals surface area contributed by atoms with Gasteiger partial charge in [0.2, 0.25) is 0 Å². The van der Waals surface area contributed by atoms with Crippen LogP contribution in [0.15, 0.2) is 6.20 Å². The fourth-order valence-corrected chi connectivity index (χ4v) is 1.62. The maximum absolute atomic E-state index is 11.9. The molecule has 3 N–H and O–H groups in total. The molecule has 0 aliphatic heterocycles. The second kappa shape index (κ2) is 5.31. The third kappa shape index (κ3) is 3.56. The molecule has 0 unspecified atom stereocenters. The molecule has 0 radical (unpaired) electrons. The van der Waals surface area contributed by atoms with Crippen molar-refractivity contribution in [2.75, 3.05) is 13.1 Å². The lowest BCUT2D eigenvalue weighted by Crippen LogP contribution is -2.35. The third-order valence-electron chi connectivity index (χ3n) is 3.03. The number of carbonyl (C=O) groups is 1. The summed E-state index contributed by atoms with van der Waals surface area (Å²) in [6.45, 7) is 7.32. The van der Waals surface area contributed by atoms with Gasteiger partial charge in [0, 0.05) is 19.3 Å². The molecule has 17 heavy (non-hydrogen) atoms. The minimum atomic E-state index is -0.0688. The maximum Gasteiger partial charge on any atom is 0.254 e. The molecule has 0 saturated heterocycles. The zero-order valence-electron chi connectivity index (χ0n) is 11.1. The maximum atomic E-state index is 11.9. The van der Waals surface area contributed by atoms with Crippen molar-refractivity contribution < 1.29 is 4.79 Å². The number of aromatic nitrogens is 2. The Bertz CT molecular complexity index is 395. The Balaban J connectivity index is 2.59. The van der Waals surface area contributed by atoms with E-state index in [0.717, 1.165) is 12.1 Å². The molecule has 0 atom stereocenters. The van der Waals surface area contributed by atoms with E-state index >= 15 is 0 Å². The van der Waals surface area contributed by atoms with Crippen LogP contribution >= 0.6 is 0 Å². The quantitative estimate of drug-likeness (QED) is 0.798. The van der Waals surface area contributed by atoms with Crippen LogP contribution in [0.3, 0.4) is 0 Å². The van der Waals surface area contributed by atoms with Crippen molar-refractivity contribution in [3.63, 3.8) is 0 Å². The smallest absolute Gasteiger partial charge is 0.254 e. The van der Waals surface area contributed by atoms with E-state index in [2.05, 4.69) is 24.3 Å². The van der Waals surface area contributed by atoms with E-state index in [1.54, 1.807) is 10.9 Å². The lowest BCUT2D eigenvalue weighted by molar-refractivity contribution is 0.0934. The Hall–Kier alpha value is -1.36. The zero-order chi connectivity index (χ0) is 13.1. The summed E-state index contributed by atoms with van der Waals surface area (Å²) in [6.07, 6.45) is 2.49. The average Bonchev–Trinajstić information content (AvgIpc) is 2.57. The van der Waals surface area contributed by atoms with Gasteiger partial charge < -0.3 is 11.1 Å². The summed E-state index contributed by atoms with van der Waals surface area (Å²) < 4.78 is 1.69. The van der Waals surface area contributed by atoms with Crippen LogP contribution in [0.1, 0.15) is 36.3 Å². The van der Waals surface area contributed by atoms with E-state index in [4.69, 9.17) is 5.73 Å². The predicted molar refractivity (Wildman–Crippen MR) is 67.7 cm³/mol. The molecule has 96 valence electrons. The monoisotopic (exact) mass is 238 g/mol. The first-order valence-electron chi connectivity index (χ1n) is 5.84.